The Morgan fingerprint density at radius 2 is 1.71 bits per heavy atom. The van der Waals surface area contributed by atoms with Crippen molar-refractivity contribution in [2.75, 3.05) is 0 Å². The topological polar surface area (TPSA) is 40.5 Å². The van der Waals surface area contributed by atoms with Crippen molar-refractivity contribution in [3.63, 3.8) is 0 Å². The van der Waals surface area contributed by atoms with Gasteiger partial charge in [-0.2, -0.15) is 0 Å². The maximum atomic E-state index is 9.26. The van der Waals surface area contributed by atoms with Gasteiger partial charge in [-0.3, -0.25) is 0 Å². The molecule has 0 bridgehead atoms. The van der Waals surface area contributed by atoms with Crippen molar-refractivity contribution in [3.05, 3.63) is 23.8 Å². The zero-order valence-electron chi connectivity index (χ0n) is 8.83. The quantitative estimate of drug-likeness (QED) is 0.773. The molecule has 14 heavy (non-hydrogen) atoms. The third-order valence-electron chi connectivity index (χ3n) is 2.59. The van der Waals surface area contributed by atoms with Crippen molar-refractivity contribution in [1.82, 2.24) is 0 Å². The van der Waals surface area contributed by atoms with Gasteiger partial charge < -0.3 is 10.2 Å². The summed E-state index contributed by atoms with van der Waals surface area (Å²) in [5, 5.41) is 18.5. The van der Waals surface area contributed by atoms with E-state index >= 15 is 0 Å². The zero-order chi connectivity index (χ0) is 10.6. The molecule has 0 saturated heterocycles. The highest BCUT2D eigenvalue weighted by molar-refractivity contribution is 5.36. The lowest BCUT2D eigenvalue weighted by atomic mass is 9.99. The number of rotatable bonds is 4. The second kappa shape index (κ2) is 4.89. The van der Waals surface area contributed by atoms with Gasteiger partial charge in [-0.25, -0.2) is 0 Å². The van der Waals surface area contributed by atoms with Crippen LogP contribution in [0.5, 0.6) is 11.5 Å². The summed E-state index contributed by atoms with van der Waals surface area (Å²) < 4.78 is 0. The van der Waals surface area contributed by atoms with Crippen molar-refractivity contribution in [2.24, 2.45) is 5.92 Å². The molecule has 1 atom stereocenters. The summed E-state index contributed by atoms with van der Waals surface area (Å²) in [7, 11) is 0. The summed E-state index contributed by atoms with van der Waals surface area (Å²) in [6.07, 6.45) is 3.18. The fourth-order valence-corrected chi connectivity index (χ4v) is 1.42. The standard InChI is InChI=1S/C12H18O2/c1-3-9(2)4-5-10-6-11(13)8-12(14)7-10/h6-9,13-14H,3-5H2,1-2H3. The molecule has 0 radical (unpaired) electrons. The maximum absolute atomic E-state index is 9.26. The van der Waals surface area contributed by atoms with E-state index in [0.29, 0.717) is 5.92 Å². The van der Waals surface area contributed by atoms with Crippen LogP contribution in [0.25, 0.3) is 0 Å². The van der Waals surface area contributed by atoms with Crippen molar-refractivity contribution in [2.45, 2.75) is 33.1 Å². The third kappa shape index (κ3) is 3.29. The van der Waals surface area contributed by atoms with E-state index in [1.807, 2.05) is 0 Å². The van der Waals surface area contributed by atoms with Crippen LogP contribution in [0.2, 0.25) is 0 Å². The molecule has 0 spiro atoms. The highest BCUT2D eigenvalue weighted by atomic mass is 16.3. The van der Waals surface area contributed by atoms with Gasteiger partial charge in [0, 0.05) is 6.07 Å². The van der Waals surface area contributed by atoms with E-state index < -0.39 is 0 Å². The van der Waals surface area contributed by atoms with Crippen LogP contribution in [0.15, 0.2) is 18.2 Å². The molecule has 78 valence electrons. The molecule has 0 saturated carbocycles. The van der Waals surface area contributed by atoms with Gasteiger partial charge in [0.05, 0.1) is 0 Å². The molecule has 0 aliphatic rings. The van der Waals surface area contributed by atoms with Crippen LogP contribution in [-0.4, -0.2) is 10.2 Å². The van der Waals surface area contributed by atoms with Crippen LogP contribution in [0.4, 0.5) is 0 Å². The Hall–Kier alpha value is -1.18. The van der Waals surface area contributed by atoms with Gasteiger partial charge in [0.1, 0.15) is 11.5 Å². The summed E-state index contributed by atoms with van der Waals surface area (Å²) in [6, 6.07) is 4.77. The monoisotopic (exact) mass is 194 g/mol. The molecule has 1 aromatic carbocycles. The molecule has 0 aromatic heterocycles. The summed E-state index contributed by atoms with van der Waals surface area (Å²) in [5.74, 6) is 0.979. The minimum absolute atomic E-state index is 0.143. The predicted molar refractivity (Wildman–Crippen MR) is 57.5 cm³/mol. The van der Waals surface area contributed by atoms with E-state index in [-0.39, 0.29) is 11.5 Å². The molecule has 1 rings (SSSR count). The Morgan fingerprint density at radius 1 is 1.14 bits per heavy atom. The average molecular weight is 194 g/mol. The van der Waals surface area contributed by atoms with Crippen molar-refractivity contribution in [3.8, 4) is 11.5 Å². The molecule has 0 amide bonds. The largest absolute Gasteiger partial charge is 0.508 e. The summed E-state index contributed by atoms with van der Waals surface area (Å²) in [6.45, 7) is 4.38. The first-order chi connectivity index (χ1) is 6.61. The second-order valence-electron chi connectivity index (χ2n) is 3.91. The Kier molecular flexibility index (Phi) is 3.81. The van der Waals surface area contributed by atoms with Crippen LogP contribution in [-0.2, 0) is 6.42 Å². The molecule has 0 aliphatic heterocycles. The third-order valence-corrected chi connectivity index (χ3v) is 2.59. The van der Waals surface area contributed by atoms with E-state index in [1.165, 1.54) is 12.5 Å². The molecule has 1 aromatic rings. The Bertz CT molecular complexity index is 274. The summed E-state index contributed by atoms with van der Waals surface area (Å²) >= 11 is 0. The number of phenolic OH excluding ortho intramolecular Hbond substituents is 2. The Labute approximate surface area is 85.2 Å². The Morgan fingerprint density at radius 3 is 2.21 bits per heavy atom. The molecule has 0 aliphatic carbocycles. The maximum Gasteiger partial charge on any atom is 0.119 e. The first-order valence-electron chi connectivity index (χ1n) is 5.13. The predicted octanol–water partition coefficient (Wildman–Crippen LogP) is 3.08. The number of aromatic hydroxyl groups is 2. The molecule has 2 N–H and O–H groups in total. The number of phenols is 2. The van der Waals surface area contributed by atoms with Gasteiger partial charge >= 0.3 is 0 Å². The lowest BCUT2D eigenvalue weighted by Crippen LogP contribution is -1.95. The SMILES string of the molecule is CCC(C)CCc1cc(O)cc(O)c1. The van der Waals surface area contributed by atoms with Gasteiger partial charge in [-0.1, -0.05) is 20.3 Å². The average Bonchev–Trinajstić information content (AvgIpc) is 2.12. The second-order valence-corrected chi connectivity index (χ2v) is 3.91. The van der Waals surface area contributed by atoms with Crippen molar-refractivity contribution in [1.29, 1.82) is 0 Å². The van der Waals surface area contributed by atoms with Crippen LogP contribution >= 0.6 is 0 Å². The van der Waals surface area contributed by atoms with Crippen molar-refractivity contribution >= 4 is 0 Å². The summed E-state index contributed by atoms with van der Waals surface area (Å²) in [5.41, 5.74) is 1.00. The lowest BCUT2D eigenvalue weighted by molar-refractivity contribution is 0.447. The van der Waals surface area contributed by atoms with Gasteiger partial charge in [0.2, 0.25) is 0 Å². The highest BCUT2D eigenvalue weighted by Gasteiger charge is 2.02. The van der Waals surface area contributed by atoms with E-state index in [4.69, 9.17) is 0 Å². The fraction of sp³-hybridized carbons (Fsp3) is 0.500. The fourth-order valence-electron chi connectivity index (χ4n) is 1.42. The molecule has 0 fully saturated rings. The van der Waals surface area contributed by atoms with Gasteiger partial charge in [0.15, 0.2) is 0 Å². The van der Waals surface area contributed by atoms with E-state index in [1.54, 1.807) is 12.1 Å². The first-order valence-corrected chi connectivity index (χ1v) is 5.13. The lowest BCUT2D eigenvalue weighted by Gasteiger charge is -2.08. The molecular formula is C12H18O2. The summed E-state index contributed by atoms with van der Waals surface area (Å²) in [4.78, 5) is 0. The number of benzene rings is 1. The Balaban J connectivity index is 2.58. The smallest absolute Gasteiger partial charge is 0.119 e. The normalized spacial score (nSPS) is 12.7. The highest BCUT2D eigenvalue weighted by Crippen LogP contribution is 2.22. The molecule has 1 unspecified atom stereocenters. The molecular weight excluding hydrogens is 176 g/mol. The zero-order valence-corrected chi connectivity index (χ0v) is 8.83. The molecule has 2 heteroatoms. The van der Waals surface area contributed by atoms with Crippen LogP contribution in [0, 0.1) is 5.92 Å². The van der Waals surface area contributed by atoms with Crippen molar-refractivity contribution < 1.29 is 10.2 Å². The molecule has 0 heterocycles. The number of aryl methyl sites for hydroxylation is 1. The number of hydrogen-bond acceptors (Lipinski definition) is 2. The van der Waals surface area contributed by atoms with Crippen LogP contribution in [0.1, 0.15) is 32.3 Å². The van der Waals surface area contributed by atoms with E-state index in [9.17, 15) is 10.2 Å². The van der Waals surface area contributed by atoms with Crippen LogP contribution < -0.4 is 0 Å². The number of hydrogen-bond donors (Lipinski definition) is 2. The first kappa shape index (κ1) is 10.9. The van der Waals surface area contributed by atoms with Gasteiger partial charge in [-0.05, 0) is 36.5 Å². The van der Waals surface area contributed by atoms with E-state index in [0.717, 1.165) is 18.4 Å². The van der Waals surface area contributed by atoms with Crippen LogP contribution in [0.3, 0.4) is 0 Å². The molecule has 2 nitrogen and oxygen atoms in total. The minimum atomic E-state index is 0.143. The van der Waals surface area contributed by atoms with E-state index in [2.05, 4.69) is 13.8 Å². The van der Waals surface area contributed by atoms with Gasteiger partial charge in [0.25, 0.3) is 0 Å². The van der Waals surface area contributed by atoms with Gasteiger partial charge in [-0.15, -0.1) is 0 Å². The minimum Gasteiger partial charge on any atom is -0.508 e.